The van der Waals surface area contributed by atoms with Crippen LogP contribution < -0.4 is 0 Å². The summed E-state index contributed by atoms with van der Waals surface area (Å²) in [5.74, 6) is -1.30. The van der Waals surface area contributed by atoms with E-state index >= 15 is 0 Å². The summed E-state index contributed by atoms with van der Waals surface area (Å²) in [5.41, 5.74) is 1.47. The quantitative estimate of drug-likeness (QED) is 0.473. The summed E-state index contributed by atoms with van der Waals surface area (Å²) < 4.78 is 11.4. The highest BCUT2D eigenvalue weighted by molar-refractivity contribution is 5.92. The van der Waals surface area contributed by atoms with Gasteiger partial charge in [-0.3, -0.25) is 0 Å². The molecule has 0 unspecified atom stereocenters. The zero-order chi connectivity index (χ0) is 18.5. The zero-order valence-electron chi connectivity index (χ0n) is 15.2. The van der Waals surface area contributed by atoms with Gasteiger partial charge in [-0.1, -0.05) is 31.2 Å². The molecule has 0 spiro atoms. The molecular formula is C20H26O5. The molecule has 1 saturated carbocycles. The van der Waals surface area contributed by atoms with Crippen molar-refractivity contribution < 1.29 is 24.2 Å². The largest absolute Gasteiger partial charge is 0.458 e. The second kappa shape index (κ2) is 6.13. The molecule has 3 rings (SSSR count). The normalized spacial score (nSPS) is 40.8. The topological polar surface area (TPSA) is 72.8 Å². The van der Waals surface area contributed by atoms with Gasteiger partial charge in [0.25, 0.3) is 0 Å². The third-order valence-corrected chi connectivity index (χ3v) is 6.27. The number of aliphatic hydroxyl groups is 1. The number of ether oxygens (including phenoxy) is 2. The minimum Gasteiger partial charge on any atom is -0.458 e. The summed E-state index contributed by atoms with van der Waals surface area (Å²) in [7, 11) is 0. The van der Waals surface area contributed by atoms with Crippen molar-refractivity contribution in [3.8, 4) is 0 Å². The first kappa shape index (κ1) is 17.9. The molecule has 1 saturated heterocycles. The molecule has 1 N–H and O–H groups in total. The van der Waals surface area contributed by atoms with Gasteiger partial charge in [0, 0.05) is 22.5 Å². The monoisotopic (exact) mass is 346 g/mol. The molecule has 6 atom stereocenters. The molecule has 25 heavy (non-hydrogen) atoms. The highest BCUT2D eigenvalue weighted by atomic mass is 16.6. The van der Waals surface area contributed by atoms with E-state index in [1.165, 1.54) is 0 Å². The molecule has 0 aromatic carbocycles. The average Bonchev–Trinajstić information content (AvgIpc) is 2.85. The molecule has 1 heterocycles. The molecule has 136 valence electrons. The Kier molecular flexibility index (Phi) is 4.40. The van der Waals surface area contributed by atoms with Crippen LogP contribution in [0.1, 0.15) is 40.5 Å². The Bertz CT molecular complexity index is 688. The highest BCUT2D eigenvalue weighted by Crippen LogP contribution is 2.56. The number of hydrogen-bond acceptors (Lipinski definition) is 5. The van der Waals surface area contributed by atoms with Crippen LogP contribution in [0.4, 0.5) is 0 Å². The maximum Gasteiger partial charge on any atom is 0.334 e. The van der Waals surface area contributed by atoms with Crippen LogP contribution >= 0.6 is 0 Å². The van der Waals surface area contributed by atoms with Crippen LogP contribution in [-0.2, 0) is 19.1 Å². The van der Waals surface area contributed by atoms with Crippen LogP contribution in [0.2, 0.25) is 0 Å². The van der Waals surface area contributed by atoms with Crippen molar-refractivity contribution in [2.45, 2.75) is 58.8 Å². The predicted molar refractivity (Wildman–Crippen MR) is 92.4 cm³/mol. The summed E-state index contributed by atoms with van der Waals surface area (Å²) in [5, 5.41) is 10.7. The van der Waals surface area contributed by atoms with E-state index in [0.29, 0.717) is 24.0 Å². The number of aliphatic hydroxyl groups excluding tert-OH is 1. The summed E-state index contributed by atoms with van der Waals surface area (Å²) in [6.07, 6.45) is 3.18. The molecule has 0 aromatic rings. The minimum absolute atomic E-state index is 0.0952. The van der Waals surface area contributed by atoms with E-state index in [2.05, 4.69) is 6.58 Å². The Morgan fingerprint density at radius 1 is 1.52 bits per heavy atom. The standard InChI is InChI=1S/C20H26O5/c1-6-10(2)18(22)24-13-9-20(5)14(21)8-7-11(3)16(20)17-15(13)12(4)19(23)25-17/h6-7,13-17,21H,4,8-9H2,1-3,5H3/b10-6-/t13-,14-,15+,16+,17-,20-/m0/s1. The van der Waals surface area contributed by atoms with Crippen LogP contribution in [0.3, 0.4) is 0 Å². The van der Waals surface area contributed by atoms with Gasteiger partial charge in [-0.15, -0.1) is 0 Å². The fraction of sp³-hybridized carbons (Fsp3) is 0.600. The SMILES string of the molecule is C=C1C(=O)O[C@H]2[C@H]1[C@@H](OC(=O)/C(C)=C\C)C[C@]1(C)[C@@H]2C(C)=CC[C@@H]1O. The molecule has 0 radical (unpaired) electrons. The molecule has 5 heteroatoms. The second-order valence-electron chi connectivity index (χ2n) is 7.72. The van der Waals surface area contributed by atoms with Crippen molar-refractivity contribution in [3.05, 3.63) is 35.5 Å². The lowest BCUT2D eigenvalue weighted by atomic mass is 9.54. The number of allylic oxidation sites excluding steroid dienone is 1. The summed E-state index contributed by atoms with van der Waals surface area (Å²) in [4.78, 5) is 24.5. The van der Waals surface area contributed by atoms with Gasteiger partial charge in [0.05, 0.1) is 12.0 Å². The van der Waals surface area contributed by atoms with Crippen LogP contribution in [0, 0.1) is 17.3 Å². The lowest BCUT2D eigenvalue weighted by Crippen LogP contribution is -2.57. The zero-order valence-corrected chi connectivity index (χ0v) is 15.2. The molecule has 0 bridgehead atoms. The predicted octanol–water partition coefficient (Wildman–Crippen LogP) is 2.70. The van der Waals surface area contributed by atoms with E-state index in [0.717, 1.165) is 5.57 Å². The van der Waals surface area contributed by atoms with Crippen LogP contribution in [0.25, 0.3) is 0 Å². The lowest BCUT2D eigenvalue weighted by molar-refractivity contribution is -0.172. The number of esters is 2. The summed E-state index contributed by atoms with van der Waals surface area (Å²) in [6.45, 7) is 11.4. The fourth-order valence-electron chi connectivity index (χ4n) is 4.66. The van der Waals surface area contributed by atoms with Crippen molar-refractivity contribution in [1.29, 1.82) is 0 Å². The Hall–Kier alpha value is -1.88. The second-order valence-corrected chi connectivity index (χ2v) is 7.72. The van der Waals surface area contributed by atoms with Gasteiger partial charge in [0.1, 0.15) is 12.2 Å². The molecular weight excluding hydrogens is 320 g/mol. The van der Waals surface area contributed by atoms with E-state index in [-0.39, 0.29) is 11.8 Å². The van der Waals surface area contributed by atoms with Gasteiger partial charge in [-0.05, 0) is 33.6 Å². The van der Waals surface area contributed by atoms with Crippen LogP contribution in [0.15, 0.2) is 35.5 Å². The Labute approximate surface area is 148 Å². The summed E-state index contributed by atoms with van der Waals surface area (Å²) in [6, 6.07) is 0. The van der Waals surface area contributed by atoms with E-state index in [1.54, 1.807) is 19.9 Å². The molecule has 5 nitrogen and oxygen atoms in total. The number of hydrogen-bond donors (Lipinski definition) is 1. The summed E-state index contributed by atoms with van der Waals surface area (Å²) >= 11 is 0. The third kappa shape index (κ3) is 2.65. The first-order chi connectivity index (χ1) is 11.7. The Morgan fingerprint density at radius 3 is 2.84 bits per heavy atom. The number of rotatable bonds is 2. The average molecular weight is 346 g/mol. The third-order valence-electron chi connectivity index (χ3n) is 6.27. The minimum atomic E-state index is -0.571. The maximum absolute atomic E-state index is 12.3. The molecule has 3 aliphatic rings. The Morgan fingerprint density at radius 2 is 2.20 bits per heavy atom. The number of fused-ring (bicyclic) bond motifs is 3. The number of carbonyl (C=O) groups excluding carboxylic acids is 2. The van der Waals surface area contributed by atoms with E-state index in [1.807, 2.05) is 19.9 Å². The molecule has 2 aliphatic carbocycles. The van der Waals surface area contributed by atoms with Gasteiger partial charge in [0.2, 0.25) is 0 Å². The molecule has 1 aliphatic heterocycles. The van der Waals surface area contributed by atoms with Crippen LogP contribution in [0.5, 0.6) is 0 Å². The van der Waals surface area contributed by atoms with Gasteiger partial charge in [0.15, 0.2) is 0 Å². The van der Waals surface area contributed by atoms with E-state index in [9.17, 15) is 14.7 Å². The highest BCUT2D eigenvalue weighted by Gasteiger charge is 2.61. The molecule has 0 aromatic heterocycles. The van der Waals surface area contributed by atoms with Crippen molar-refractivity contribution in [3.63, 3.8) is 0 Å². The van der Waals surface area contributed by atoms with Crippen molar-refractivity contribution in [1.82, 2.24) is 0 Å². The van der Waals surface area contributed by atoms with Crippen molar-refractivity contribution in [2.75, 3.05) is 0 Å². The number of carbonyl (C=O) groups is 2. The van der Waals surface area contributed by atoms with Gasteiger partial charge in [-0.25, -0.2) is 9.59 Å². The van der Waals surface area contributed by atoms with Gasteiger partial charge in [-0.2, -0.15) is 0 Å². The fourth-order valence-corrected chi connectivity index (χ4v) is 4.66. The first-order valence-electron chi connectivity index (χ1n) is 8.79. The molecule has 2 fully saturated rings. The van der Waals surface area contributed by atoms with E-state index < -0.39 is 35.7 Å². The maximum atomic E-state index is 12.3. The Balaban J connectivity index is 2.00. The van der Waals surface area contributed by atoms with Crippen LogP contribution in [-0.4, -0.2) is 35.4 Å². The van der Waals surface area contributed by atoms with Gasteiger partial charge >= 0.3 is 11.9 Å². The first-order valence-corrected chi connectivity index (χ1v) is 8.79. The molecule has 0 amide bonds. The smallest absolute Gasteiger partial charge is 0.334 e. The van der Waals surface area contributed by atoms with Crippen molar-refractivity contribution in [2.24, 2.45) is 17.3 Å². The lowest BCUT2D eigenvalue weighted by Gasteiger charge is -2.53. The van der Waals surface area contributed by atoms with Crippen molar-refractivity contribution >= 4 is 11.9 Å². The van der Waals surface area contributed by atoms with Gasteiger partial charge < -0.3 is 14.6 Å². The van der Waals surface area contributed by atoms with E-state index in [4.69, 9.17) is 9.47 Å².